The number of aromatic nitrogens is 3. The van der Waals surface area contributed by atoms with Crippen LogP contribution in [0.4, 0.5) is 0 Å². The molecule has 0 unspecified atom stereocenters. The number of carbonyl (C=O) groups excluding carboxylic acids is 1. The molecule has 1 amide bonds. The minimum atomic E-state index is -0.0823. The molecule has 3 aromatic rings. The van der Waals surface area contributed by atoms with E-state index in [0.29, 0.717) is 12.5 Å². The van der Waals surface area contributed by atoms with E-state index in [1.807, 2.05) is 24.5 Å². The fraction of sp³-hybridized carbons (Fsp3) is 0.350. The van der Waals surface area contributed by atoms with Gasteiger partial charge in [0, 0.05) is 46.8 Å². The van der Waals surface area contributed by atoms with Crippen molar-refractivity contribution in [2.45, 2.75) is 38.0 Å². The van der Waals surface area contributed by atoms with Crippen molar-refractivity contribution in [1.82, 2.24) is 20.3 Å². The summed E-state index contributed by atoms with van der Waals surface area (Å²) in [5, 5.41) is 4.00. The smallest absolute Gasteiger partial charge is 0.251 e. The van der Waals surface area contributed by atoms with Crippen LogP contribution in [0.2, 0.25) is 0 Å². The summed E-state index contributed by atoms with van der Waals surface area (Å²) >= 11 is 0. The second kappa shape index (κ2) is 4.91. The molecule has 2 aromatic heterocycles. The number of benzene rings is 1. The average molecular weight is 332 g/mol. The molecule has 1 fully saturated rings. The highest BCUT2D eigenvalue weighted by Crippen LogP contribution is 2.39. The molecule has 0 atom stereocenters. The van der Waals surface area contributed by atoms with E-state index in [0.717, 1.165) is 39.1 Å². The number of H-pyrrole nitrogens is 1. The lowest BCUT2D eigenvalue weighted by Crippen LogP contribution is -2.43. The van der Waals surface area contributed by atoms with Gasteiger partial charge in [0.1, 0.15) is 11.5 Å². The maximum atomic E-state index is 12.2. The summed E-state index contributed by atoms with van der Waals surface area (Å²) < 4.78 is 0. The first-order chi connectivity index (χ1) is 12.0. The minimum Gasteiger partial charge on any atom is -0.351 e. The van der Waals surface area contributed by atoms with Gasteiger partial charge in [-0.2, -0.15) is 0 Å². The third kappa shape index (κ3) is 2.26. The average Bonchev–Trinajstić information content (AvgIpc) is 3.38. The predicted octanol–water partition coefficient (Wildman–Crippen LogP) is 3.52. The van der Waals surface area contributed by atoms with Gasteiger partial charge in [-0.05, 0) is 36.1 Å². The number of hydrogen-bond acceptors (Lipinski definition) is 3. The molecule has 5 nitrogen and oxygen atoms in total. The number of nitrogens with zero attached hydrogens (tertiary/aromatic N) is 2. The van der Waals surface area contributed by atoms with E-state index in [-0.39, 0.29) is 11.3 Å². The van der Waals surface area contributed by atoms with E-state index in [9.17, 15) is 4.79 Å². The number of rotatable bonds is 2. The van der Waals surface area contributed by atoms with Crippen LogP contribution >= 0.6 is 0 Å². The van der Waals surface area contributed by atoms with Crippen LogP contribution in [0.15, 0.2) is 30.6 Å². The van der Waals surface area contributed by atoms with Gasteiger partial charge in [0.2, 0.25) is 0 Å². The third-order valence-corrected chi connectivity index (χ3v) is 5.39. The standard InChI is InChI=1S/C20H20N4O/c1-20(2)10-23-19(25)13-6-5-12(7-16(13)20)14-8-22-18-15(14)9-21-17(24-18)11-3-4-11/h5-9,11H,3-4,10H2,1-2H3,(H,23,25)(H,21,22,24). The van der Waals surface area contributed by atoms with E-state index in [4.69, 9.17) is 0 Å². The van der Waals surface area contributed by atoms with Crippen molar-refractivity contribution in [3.05, 3.63) is 47.5 Å². The lowest BCUT2D eigenvalue weighted by atomic mass is 9.78. The van der Waals surface area contributed by atoms with E-state index in [2.05, 4.69) is 40.2 Å². The normalized spacial score (nSPS) is 18.9. The molecule has 3 heterocycles. The summed E-state index contributed by atoms with van der Waals surface area (Å²) in [5.41, 5.74) is 4.85. The molecule has 5 rings (SSSR count). The van der Waals surface area contributed by atoms with Crippen molar-refractivity contribution in [3.8, 4) is 11.1 Å². The molecule has 1 aromatic carbocycles. The molecule has 0 spiro atoms. The highest BCUT2D eigenvalue weighted by molar-refractivity contribution is 5.99. The van der Waals surface area contributed by atoms with Crippen LogP contribution in [0.5, 0.6) is 0 Å². The molecule has 1 aliphatic heterocycles. The van der Waals surface area contributed by atoms with Crippen LogP contribution in [-0.2, 0) is 5.41 Å². The second-order valence-electron chi connectivity index (χ2n) is 7.79. The summed E-state index contributed by atoms with van der Waals surface area (Å²) in [6.45, 7) is 4.98. The molecule has 126 valence electrons. The highest BCUT2D eigenvalue weighted by Gasteiger charge is 2.32. The van der Waals surface area contributed by atoms with Crippen molar-refractivity contribution in [1.29, 1.82) is 0 Å². The SMILES string of the molecule is CC1(C)CNC(=O)c2ccc(-c3c[nH]c4nc(C5CC5)ncc34)cc21. The zero-order chi connectivity index (χ0) is 17.2. The summed E-state index contributed by atoms with van der Waals surface area (Å²) in [7, 11) is 0. The van der Waals surface area contributed by atoms with Crippen molar-refractivity contribution in [2.24, 2.45) is 0 Å². The Hall–Kier alpha value is -2.69. The number of amides is 1. The molecule has 0 saturated heterocycles. The fourth-order valence-electron chi connectivity index (χ4n) is 3.66. The molecule has 2 aliphatic rings. The van der Waals surface area contributed by atoms with Gasteiger partial charge in [-0.3, -0.25) is 4.79 Å². The molecular weight excluding hydrogens is 312 g/mol. The third-order valence-electron chi connectivity index (χ3n) is 5.39. The van der Waals surface area contributed by atoms with E-state index in [1.165, 1.54) is 12.8 Å². The number of carbonyl (C=O) groups is 1. The molecule has 5 heteroatoms. The number of fused-ring (bicyclic) bond motifs is 2. The van der Waals surface area contributed by atoms with E-state index >= 15 is 0 Å². The van der Waals surface area contributed by atoms with Crippen LogP contribution in [0.1, 0.15) is 54.4 Å². The lowest BCUT2D eigenvalue weighted by molar-refractivity contribution is 0.0930. The maximum Gasteiger partial charge on any atom is 0.251 e. The molecule has 1 aliphatic carbocycles. The van der Waals surface area contributed by atoms with Gasteiger partial charge in [0.05, 0.1) is 0 Å². The summed E-state index contributed by atoms with van der Waals surface area (Å²) in [6, 6.07) is 6.09. The Morgan fingerprint density at radius 1 is 1.20 bits per heavy atom. The van der Waals surface area contributed by atoms with Crippen LogP contribution in [-0.4, -0.2) is 27.4 Å². The monoisotopic (exact) mass is 332 g/mol. The second-order valence-corrected chi connectivity index (χ2v) is 7.79. The molecule has 0 bridgehead atoms. The topological polar surface area (TPSA) is 70.7 Å². The summed E-state index contributed by atoms with van der Waals surface area (Å²) in [6.07, 6.45) is 6.31. The Kier molecular flexibility index (Phi) is 2.87. The van der Waals surface area contributed by atoms with Crippen molar-refractivity contribution in [3.63, 3.8) is 0 Å². The maximum absolute atomic E-state index is 12.2. The highest BCUT2D eigenvalue weighted by atomic mass is 16.1. The van der Waals surface area contributed by atoms with Crippen LogP contribution in [0.25, 0.3) is 22.2 Å². The first kappa shape index (κ1) is 14.6. The van der Waals surface area contributed by atoms with Gasteiger partial charge < -0.3 is 10.3 Å². The predicted molar refractivity (Wildman–Crippen MR) is 96.7 cm³/mol. The first-order valence-electron chi connectivity index (χ1n) is 8.80. The number of hydrogen-bond donors (Lipinski definition) is 2. The summed E-state index contributed by atoms with van der Waals surface area (Å²) in [4.78, 5) is 24.7. The van der Waals surface area contributed by atoms with Crippen molar-refractivity contribution in [2.75, 3.05) is 6.54 Å². The molecule has 0 radical (unpaired) electrons. The van der Waals surface area contributed by atoms with Gasteiger partial charge in [0.15, 0.2) is 0 Å². The Morgan fingerprint density at radius 2 is 2.04 bits per heavy atom. The van der Waals surface area contributed by atoms with Crippen LogP contribution in [0.3, 0.4) is 0 Å². The van der Waals surface area contributed by atoms with Crippen LogP contribution in [0, 0.1) is 0 Å². The minimum absolute atomic E-state index is 0.0113. The van der Waals surface area contributed by atoms with Gasteiger partial charge in [-0.15, -0.1) is 0 Å². The Morgan fingerprint density at radius 3 is 2.84 bits per heavy atom. The molecule has 25 heavy (non-hydrogen) atoms. The van der Waals surface area contributed by atoms with E-state index in [1.54, 1.807) is 0 Å². The van der Waals surface area contributed by atoms with Gasteiger partial charge >= 0.3 is 0 Å². The van der Waals surface area contributed by atoms with Gasteiger partial charge in [-0.1, -0.05) is 19.9 Å². The number of aromatic amines is 1. The van der Waals surface area contributed by atoms with Crippen molar-refractivity contribution < 1.29 is 4.79 Å². The largest absolute Gasteiger partial charge is 0.351 e. The quantitative estimate of drug-likeness (QED) is 0.754. The Labute approximate surface area is 145 Å². The van der Waals surface area contributed by atoms with Gasteiger partial charge in [-0.25, -0.2) is 9.97 Å². The number of nitrogens with one attached hydrogen (secondary N) is 2. The van der Waals surface area contributed by atoms with Crippen molar-refractivity contribution >= 4 is 16.9 Å². The van der Waals surface area contributed by atoms with E-state index < -0.39 is 0 Å². The zero-order valence-corrected chi connectivity index (χ0v) is 14.4. The van der Waals surface area contributed by atoms with Crippen LogP contribution < -0.4 is 5.32 Å². The Balaban J connectivity index is 1.64. The molecular formula is C20H20N4O. The lowest BCUT2D eigenvalue weighted by Gasteiger charge is -2.32. The zero-order valence-electron chi connectivity index (χ0n) is 14.4. The Bertz CT molecular complexity index is 1010. The molecule has 2 N–H and O–H groups in total. The fourth-order valence-corrected chi connectivity index (χ4v) is 3.66. The van der Waals surface area contributed by atoms with Gasteiger partial charge in [0.25, 0.3) is 5.91 Å². The summed E-state index contributed by atoms with van der Waals surface area (Å²) in [5.74, 6) is 1.50. The first-order valence-corrected chi connectivity index (χ1v) is 8.80. The molecule has 1 saturated carbocycles.